The Kier molecular flexibility index (Phi) is 5.93. The molecule has 0 atom stereocenters. The number of aromatic nitrogens is 2. The highest BCUT2D eigenvalue weighted by atomic mass is 32.2. The van der Waals surface area contributed by atoms with Gasteiger partial charge in [-0.2, -0.15) is 0 Å². The first-order valence-electron chi connectivity index (χ1n) is 7.77. The molecule has 1 saturated carbocycles. The molecular weight excluding hydrogens is 326 g/mol. The van der Waals surface area contributed by atoms with Crippen molar-refractivity contribution in [3.05, 3.63) is 42.7 Å². The standard InChI is InChI=1S/C17H19N3OS2/c21-15(20-13-6-4-5-7-13)12-22-16-17(19-11-10-18-16)23-14-8-2-1-3-9-14/h1-3,8-11,13H,4-7,12H2,(H,20,21). The van der Waals surface area contributed by atoms with Crippen LogP contribution in [0.4, 0.5) is 0 Å². The second kappa shape index (κ2) is 8.36. The molecular formula is C17H19N3OS2. The molecule has 1 aliphatic carbocycles. The number of carbonyl (C=O) groups excluding carboxylic acids is 1. The molecule has 0 radical (unpaired) electrons. The van der Waals surface area contributed by atoms with Crippen molar-refractivity contribution in [1.29, 1.82) is 0 Å². The summed E-state index contributed by atoms with van der Waals surface area (Å²) in [5.74, 6) is 0.473. The lowest BCUT2D eigenvalue weighted by molar-refractivity contribution is -0.119. The van der Waals surface area contributed by atoms with Gasteiger partial charge in [0.1, 0.15) is 10.1 Å². The Balaban J connectivity index is 1.58. The number of thioether (sulfide) groups is 1. The van der Waals surface area contributed by atoms with Gasteiger partial charge in [0.2, 0.25) is 5.91 Å². The van der Waals surface area contributed by atoms with Crippen LogP contribution in [0.15, 0.2) is 57.7 Å². The van der Waals surface area contributed by atoms with Crippen LogP contribution in [0, 0.1) is 0 Å². The summed E-state index contributed by atoms with van der Waals surface area (Å²) >= 11 is 3.02. The van der Waals surface area contributed by atoms with Crippen LogP contribution in [0.1, 0.15) is 25.7 Å². The zero-order chi connectivity index (χ0) is 15.9. The molecule has 1 aromatic carbocycles. The van der Waals surface area contributed by atoms with E-state index in [1.54, 1.807) is 24.2 Å². The number of nitrogens with zero attached hydrogens (tertiary/aromatic N) is 2. The van der Waals surface area contributed by atoms with Gasteiger partial charge < -0.3 is 5.32 Å². The molecule has 120 valence electrons. The Morgan fingerprint density at radius 2 is 1.78 bits per heavy atom. The average molecular weight is 345 g/mol. The molecule has 0 bridgehead atoms. The highest BCUT2D eigenvalue weighted by molar-refractivity contribution is 8.02. The van der Waals surface area contributed by atoms with Crippen LogP contribution in [0.3, 0.4) is 0 Å². The molecule has 0 aliphatic heterocycles. The normalized spacial score (nSPS) is 14.8. The second-order valence-corrected chi connectivity index (χ2v) is 7.45. The molecule has 1 amide bonds. The lowest BCUT2D eigenvalue weighted by Crippen LogP contribution is -2.33. The van der Waals surface area contributed by atoms with Crippen LogP contribution in [-0.4, -0.2) is 27.7 Å². The van der Waals surface area contributed by atoms with E-state index in [9.17, 15) is 4.79 Å². The number of hydrogen-bond acceptors (Lipinski definition) is 5. The van der Waals surface area contributed by atoms with E-state index in [0.29, 0.717) is 11.8 Å². The van der Waals surface area contributed by atoms with E-state index in [4.69, 9.17) is 0 Å². The molecule has 1 aromatic heterocycles. The first kappa shape index (κ1) is 16.3. The molecule has 0 unspecified atom stereocenters. The van der Waals surface area contributed by atoms with Gasteiger partial charge in [0.05, 0.1) is 5.75 Å². The fraction of sp³-hybridized carbons (Fsp3) is 0.353. The monoisotopic (exact) mass is 345 g/mol. The first-order chi connectivity index (χ1) is 11.3. The van der Waals surface area contributed by atoms with Crippen molar-refractivity contribution in [2.45, 2.75) is 46.7 Å². The number of rotatable bonds is 6. The van der Waals surface area contributed by atoms with E-state index >= 15 is 0 Å². The number of nitrogens with one attached hydrogen (secondary N) is 1. The van der Waals surface area contributed by atoms with Gasteiger partial charge in [0.15, 0.2) is 0 Å². The molecule has 6 heteroatoms. The third kappa shape index (κ3) is 4.97. The highest BCUT2D eigenvalue weighted by Gasteiger charge is 2.17. The van der Waals surface area contributed by atoms with Gasteiger partial charge >= 0.3 is 0 Å². The van der Waals surface area contributed by atoms with E-state index in [2.05, 4.69) is 15.3 Å². The smallest absolute Gasteiger partial charge is 0.230 e. The van der Waals surface area contributed by atoms with E-state index in [0.717, 1.165) is 27.8 Å². The maximum absolute atomic E-state index is 12.1. The number of amides is 1. The maximum atomic E-state index is 12.1. The van der Waals surface area contributed by atoms with Gasteiger partial charge in [-0.1, -0.05) is 54.6 Å². The minimum absolute atomic E-state index is 0.0863. The fourth-order valence-electron chi connectivity index (χ4n) is 2.56. The van der Waals surface area contributed by atoms with Crippen LogP contribution in [0.5, 0.6) is 0 Å². The quantitative estimate of drug-likeness (QED) is 0.808. The number of carbonyl (C=O) groups is 1. The van der Waals surface area contributed by atoms with Gasteiger partial charge in [0.25, 0.3) is 0 Å². The molecule has 1 heterocycles. The minimum Gasteiger partial charge on any atom is -0.353 e. The summed E-state index contributed by atoms with van der Waals surface area (Å²) in [5, 5.41) is 4.76. The van der Waals surface area contributed by atoms with Crippen LogP contribution in [0.25, 0.3) is 0 Å². The summed E-state index contributed by atoms with van der Waals surface area (Å²) in [7, 11) is 0. The summed E-state index contributed by atoms with van der Waals surface area (Å²) < 4.78 is 0. The van der Waals surface area contributed by atoms with Crippen LogP contribution in [0.2, 0.25) is 0 Å². The van der Waals surface area contributed by atoms with Crippen LogP contribution >= 0.6 is 23.5 Å². The van der Waals surface area contributed by atoms with Gasteiger partial charge in [-0.3, -0.25) is 4.79 Å². The third-order valence-electron chi connectivity index (χ3n) is 3.65. The summed E-state index contributed by atoms with van der Waals surface area (Å²) in [6.45, 7) is 0. The Morgan fingerprint density at radius 1 is 1.09 bits per heavy atom. The minimum atomic E-state index is 0.0863. The molecule has 0 spiro atoms. The van der Waals surface area contributed by atoms with E-state index in [1.807, 2.05) is 30.3 Å². The summed E-state index contributed by atoms with van der Waals surface area (Å²) in [5.41, 5.74) is 0. The zero-order valence-corrected chi connectivity index (χ0v) is 14.4. The summed E-state index contributed by atoms with van der Waals surface area (Å²) in [6, 6.07) is 10.4. The van der Waals surface area contributed by atoms with Crippen molar-refractivity contribution in [2.24, 2.45) is 0 Å². The lowest BCUT2D eigenvalue weighted by Gasteiger charge is -2.12. The molecule has 1 N–H and O–H groups in total. The predicted octanol–water partition coefficient (Wildman–Crippen LogP) is 3.78. The molecule has 23 heavy (non-hydrogen) atoms. The van der Waals surface area contributed by atoms with E-state index < -0.39 is 0 Å². The molecule has 4 nitrogen and oxygen atoms in total. The first-order valence-corrected chi connectivity index (χ1v) is 9.57. The molecule has 2 aromatic rings. The van der Waals surface area contributed by atoms with Crippen molar-refractivity contribution in [2.75, 3.05) is 5.75 Å². The fourth-order valence-corrected chi connectivity index (χ4v) is 4.29. The van der Waals surface area contributed by atoms with Crippen molar-refractivity contribution in [3.63, 3.8) is 0 Å². The topological polar surface area (TPSA) is 54.9 Å². The summed E-state index contributed by atoms with van der Waals surface area (Å²) in [6.07, 6.45) is 8.02. The zero-order valence-electron chi connectivity index (χ0n) is 12.8. The second-order valence-electron chi connectivity index (χ2n) is 5.42. The van der Waals surface area contributed by atoms with Crippen molar-refractivity contribution in [3.8, 4) is 0 Å². The molecule has 1 aliphatic rings. The molecule has 1 fully saturated rings. The average Bonchev–Trinajstić information content (AvgIpc) is 3.08. The highest BCUT2D eigenvalue weighted by Crippen LogP contribution is 2.32. The van der Waals surface area contributed by atoms with Gasteiger partial charge in [-0.05, 0) is 25.0 Å². The molecule has 3 rings (SSSR count). The summed E-state index contributed by atoms with van der Waals surface area (Å²) in [4.78, 5) is 22.0. The SMILES string of the molecule is O=C(CSc1nccnc1Sc1ccccc1)NC1CCCC1. The lowest BCUT2D eigenvalue weighted by atomic mass is 10.2. The van der Waals surface area contributed by atoms with Gasteiger partial charge in [0, 0.05) is 23.3 Å². The number of hydrogen-bond donors (Lipinski definition) is 1. The maximum Gasteiger partial charge on any atom is 0.230 e. The number of benzene rings is 1. The Labute approximate surface area is 144 Å². The van der Waals surface area contributed by atoms with E-state index in [-0.39, 0.29) is 5.91 Å². The van der Waals surface area contributed by atoms with Gasteiger partial charge in [-0.15, -0.1) is 0 Å². The van der Waals surface area contributed by atoms with Crippen molar-refractivity contribution >= 4 is 29.4 Å². The van der Waals surface area contributed by atoms with Crippen LogP contribution < -0.4 is 5.32 Å². The Hall–Kier alpha value is -1.53. The van der Waals surface area contributed by atoms with Crippen molar-refractivity contribution < 1.29 is 4.79 Å². The predicted molar refractivity (Wildman–Crippen MR) is 93.7 cm³/mol. The largest absolute Gasteiger partial charge is 0.353 e. The van der Waals surface area contributed by atoms with Gasteiger partial charge in [-0.25, -0.2) is 9.97 Å². The third-order valence-corrected chi connectivity index (χ3v) is 5.76. The van der Waals surface area contributed by atoms with Crippen molar-refractivity contribution in [1.82, 2.24) is 15.3 Å². The van der Waals surface area contributed by atoms with Crippen LogP contribution in [-0.2, 0) is 4.79 Å². The Morgan fingerprint density at radius 3 is 2.52 bits per heavy atom. The molecule has 0 saturated heterocycles. The Bertz CT molecular complexity index is 645. The van der Waals surface area contributed by atoms with E-state index in [1.165, 1.54) is 24.6 Å².